The highest BCUT2D eigenvalue weighted by Gasteiger charge is 2.45. The van der Waals surface area contributed by atoms with E-state index in [1.54, 1.807) is 64.3 Å². The first-order chi connectivity index (χ1) is 39.3. The van der Waals surface area contributed by atoms with Crippen molar-refractivity contribution in [1.29, 1.82) is 0 Å². The molecule has 5 rings (SSSR count). The Balaban J connectivity index is 1.53. The van der Waals surface area contributed by atoms with E-state index in [-0.39, 0.29) is 92.4 Å². The lowest BCUT2D eigenvalue weighted by atomic mass is 9.70. The van der Waals surface area contributed by atoms with Gasteiger partial charge < -0.3 is 38.4 Å². The topological polar surface area (TPSA) is 368 Å². The maximum absolute atomic E-state index is 12.8. The number of benzene rings is 4. The van der Waals surface area contributed by atoms with Crippen LogP contribution < -0.4 is 4.90 Å². The quantitative estimate of drug-likeness (QED) is 0.0146. The molecule has 2 unspecified atom stereocenters. The summed E-state index contributed by atoms with van der Waals surface area (Å²) in [7, 11) is -23.3. The molecule has 4 aromatic rings. The van der Waals surface area contributed by atoms with Crippen LogP contribution >= 0.6 is 0 Å². The number of carboxylic acids is 1. The lowest BCUT2D eigenvalue weighted by Gasteiger charge is -2.34. The van der Waals surface area contributed by atoms with Gasteiger partial charge in [0.15, 0.2) is 0 Å². The summed E-state index contributed by atoms with van der Waals surface area (Å²) >= 11 is 0. The minimum absolute atomic E-state index is 0.0321. The fourth-order valence-electron chi connectivity index (χ4n) is 10.2. The Morgan fingerprint density at radius 1 is 0.619 bits per heavy atom. The van der Waals surface area contributed by atoms with Crippen LogP contribution in [0.25, 0.3) is 21.5 Å². The van der Waals surface area contributed by atoms with Gasteiger partial charge in [-0.15, -0.1) is 0 Å². The third kappa shape index (κ3) is 19.0. The molecule has 1 heterocycles. The molecule has 466 valence electrons. The normalized spacial score (nSPS) is 16.6. The number of allylic oxidation sites excluding steroid dienone is 7. The lowest BCUT2D eigenvalue weighted by molar-refractivity contribution is -0.137. The maximum atomic E-state index is 12.8. The number of carbonyl (C=O) groups is 1. The van der Waals surface area contributed by atoms with Crippen LogP contribution in [-0.2, 0) is 94.6 Å². The van der Waals surface area contributed by atoms with Gasteiger partial charge in [0.25, 0.3) is 50.6 Å². The Labute approximate surface area is 490 Å². The summed E-state index contributed by atoms with van der Waals surface area (Å²) < 4.78 is 210. The number of aliphatic carboxylic acids is 1. The van der Waals surface area contributed by atoms with E-state index in [0.717, 1.165) is 12.1 Å². The summed E-state index contributed by atoms with van der Waals surface area (Å²) in [5, 5.41) is 9.13. The van der Waals surface area contributed by atoms with Crippen molar-refractivity contribution in [1.82, 2.24) is 0 Å². The highest BCUT2D eigenvalue weighted by molar-refractivity contribution is 7.87. The zero-order valence-corrected chi connectivity index (χ0v) is 51.0. The van der Waals surface area contributed by atoms with Gasteiger partial charge >= 0.3 is 5.97 Å². The maximum Gasteiger partial charge on any atom is 0.303 e. The molecule has 0 saturated heterocycles. The van der Waals surface area contributed by atoms with Crippen LogP contribution in [0.15, 0.2) is 116 Å². The van der Waals surface area contributed by atoms with Gasteiger partial charge in [0.05, 0.1) is 81.6 Å². The highest BCUT2D eigenvalue weighted by atomic mass is 32.2. The zero-order valence-electron chi connectivity index (χ0n) is 47.0. The van der Waals surface area contributed by atoms with Crippen LogP contribution in [0.2, 0.25) is 0 Å². The molecule has 29 heteroatoms. The summed E-state index contributed by atoms with van der Waals surface area (Å²) in [5.41, 5.74) is -0.132. The predicted octanol–water partition coefficient (Wildman–Crippen LogP) is 7.31. The first-order valence-electron chi connectivity index (χ1n) is 26.4. The summed E-state index contributed by atoms with van der Waals surface area (Å²) in [6.07, 6.45) is 9.03. The van der Waals surface area contributed by atoms with Crippen molar-refractivity contribution < 1.29 is 103 Å². The van der Waals surface area contributed by atoms with Gasteiger partial charge in [-0.2, -0.15) is 42.1 Å². The lowest BCUT2D eigenvalue weighted by Crippen LogP contribution is -2.30. The summed E-state index contributed by atoms with van der Waals surface area (Å²) in [4.78, 5) is 9.91. The molecule has 4 aromatic carbocycles. The largest absolute Gasteiger partial charge is 0.481 e. The average Bonchev–Trinajstić information content (AvgIpc) is 1.47. The molecular formula is C55H73NO23S5. The van der Waals surface area contributed by atoms with Gasteiger partial charge in [-0.25, -0.2) is 0 Å². The van der Waals surface area contributed by atoms with Crippen molar-refractivity contribution in [3.05, 3.63) is 113 Å². The second-order valence-electron chi connectivity index (χ2n) is 20.2. The van der Waals surface area contributed by atoms with Crippen molar-refractivity contribution >= 4 is 83.8 Å². The van der Waals surface area contributed by atoms with E-state index in [1.807, 2.05) is 4.90 Å². The summed E-state index contributed by atoms with van der Waals surface area (Å²) in [6.45, 7) is 13.2. The van der Waals surface area contributed by atoms with Gasteiger partial charge in [0.1, 0.15) is 9.79 Å². The molecule has 0 bridgehead atoms. The smallest absolute Gasteiger partial charge is 0.303 e. The Morgan fingerprint density at radius 3 is 1.62 bits per heavy atom. The van der Waals surface area contributed by atoms with Crippen LogP contribution in [0, 0.1) is 6.92 Å². The van der Waals surface area contributed by atoms with E-state index in [0.29, 0.717) is 99.1 Å². The number of fused-ring (bicyclic) bond motifs is 4. The summed E-state index contributed by atoms with van der Waals surface area (Å²) in [6, 6.07) is 9.27. The SMILES string of the molecule is C=C(/C=C/C=C/C=C1/N(CCCCCC(=O)O)c2ccc3c(S(=O)(=O)O)cc(S(=O)(=O)O)cc3c2C1(C)CCCS(=O)(=O)O)C(C)(CCOCCOCCOCCOCCOCCOC)c1c(C)ccc2c(S(=O)(=O)O)cc(S(=O)(=O)O)cc12. The Hall–Kier alpha value is -5.06. The van der Waals surface area contributed by atoms with Gasteiger partial charge in [0.2, 0.25) is 0 Å². The number of methoxy groups -OCH3 is 1. The van der Waals surface area contributed by atoms with E-state index in [2.05, 4.69) is 6.58 Å². The Kier molecular flexibility index (Phi) is 24.9. The van der Waals surface area contributed by atoms with Crippen molar-refractivity contribution in [2.24, 2.45) is 0 Å². The minimum atomic E-state index is -5.14. The molecule has 2 atom stereocenters. The van der Waals surface area contributed by atoms with Crippen molar-refractivity contribution in [3.8, 4) is 0 Å². The van der Waals surface area contributed by atoms with Crippen LogP contribution in [-0.4, -0.2) is 168 Å². The second kappa shape index (κ2) is 30.0. The first kappa shape index (κ1) is 69.7. The number of hydrogen-bond donors (Lipinski definition) is 6. The standard InChI is InChI=1S/C55H73NO23S5/c1-39-16-17-43-45(35-41(81(62,63)64)37-48(43)83(68,69)70)52(39)54(3,21-23-75-26-27-77-30-31-79-33-32-78-29-28-76-25-24-74-5)40(2)13-8-6-9-14-50-55(4,20-12-34-80(59,60)61)53-46-36-42(82(65,66)67)38-49(84(71,72)73)44(46)18-19-47(53)56(50)22-11-7-10-15-51(57)58/h6,8-9,13-14,16-19,35-38H,2,7,10-12,15,20-34H2,1,3-5H3,(H,57,58)(H,59,60,61)(H,62,63,64)(H,65,66,67)(H,68,69,70)(H,71,72,73)/b9-6+,13-8+,50-14+. The van der Waals surface area contributed by atoms with Crippen molar-refractivity contribution in [2.45, 2.75) is 96.1 Å². The Bertz CT molecular complexity index is 3690. The number of aryl methyl sites for hydroxylation is 1. The molecule has 0 spiro atoms. The monoisotopic (exact) mass is 1280 g/mol. The highest BCUT2D eigenvalue weighted by Crippen LogP contribution is 2.54. The van der Waals surface area contributed by atoms with Crippen LogP contribution in [0.4, 0.5) is 5.69 Å². The first-order valence-corrected chi connectivity index (χ1v) is 33.8. The molecule has 0 aromatic heterocycles. The third-order valence-corrected chi connectivity index (χ3v) is 18.5. The number of carboxylic acid groups (broad SMARTS) is 1. The predicted molar refractivity (Wildman–Crippen MR) is 312 cm³/mol. The van der Waals surface area contributed by atoms with Crippen LogP contribution in [0.1, 0.15) is 75.5 Å². The molecular weight excluding hydrogens is 1200 g/mol. The Morgan fingerprint density at radius 2 is 1.12 bits per heavy atom. The van der Waals surface area contributed by atoms with Gasteiger partial charge in [-0.3, -0.25) is 27.6 Å². The molecule has 0 radical (unpaired) electrons. The van der Waals surface area contributed by atoms with E-state index in [1.165, 1.54) is 18.2 Å². The third-order valence-electron chi connectivity index (χ3n) is 14.2. The van der Waals surface area contributed by atoms with Crippen LogP contribution in [0.5, 0.6) is 0 Å². The molecule has 84 heavy (non-hydrogen) atoms. The van der Waals surface area contributed by atoms with Gasteiger partial charge in [0, 0.05) is 59.7 Å². The molecule has 1 aliphatic rings. The summed E-state index contributed by atoms with van der Waals surface area (Å²) in [5.74, 6) is -1.71. The molecule has 0 fully saturated rings. The van der Waals surface area contributed by atoms with Gasteiger partial charge in [-0.05, 0) is 115 Å². The molecule has 24 nitrogen and oxygen atoms in total. The minimum Gasteiger partial charge on any atom is -0.481 e. The number of unbranched alkanes of at least 4 members (excludes halogenated alkanes) is 2. The molecule has 0 saturated carbocycles. The zero-order chi connectivity index (χ0) is 62.3. The number of nitrogens with zero attached hydrogens (tertiary/aromatic N) is 1. The molecule has 0 amide bonds. The van der Waals surface area contributed by atoms with E-state index in [9.17, 15) is 74.8 Å². The van der Waals surface area contributed by atoms with Crippen molar-refractivity contribution in [2.75, 3.05) is 97.0 Å². The molecule has 1 aliphatic heterocycles. The molecule has 6 N–H and O–H groups in total. The number of ether oxygens (including phenoxy) is 6. The van der Waals surface area contributed by atoms with Crippen LogP contribution in [0.3, 0.4) is 0 Å². The fraction of sp³-hybridized carbons (Fsp3) is 0.473. The number of rotatable bonds is 37. The molecule has 0 aliphatic carbocycles. The average molecular weight is 1280 g/mol. The van der Waals surface area contributed by atoms with Gasteiger partial charge in [-0.1, -0.05) is 62.4 Å². The number of hydrogen-bond acceptors (Lipinski definition) is 18. The number of anilines is 1. The van der Waals surface area contributed by atoms with Crippen molar-refractivity contribution in [3.63, 3.8) is 0 Å². The van der Waals surface area contributed by atoms with E-state index < -0.39 is 92.7 Å². The van der Waals surface area contributed by atoms with E-state index >= 15 is 0 Å². The fourth-order valence-corrected chi connectivity index (χ4v) is 13.4. The second-order valence-corrected chi connectivity index (χ2v) is 27.4. The van der Waals surface area contributed by atoms with E-state index in [4.69, 9.17) is 28.4 Å².